The Morgan fingerprint density at radius 3 is 2.95 bits per heavy atom. The molecule has 1 aromatic rings. The average molecular weight is 297 g/mol. The van der Waals surface area contributed by atoms with Crippen molar-refractivity contribution >= 4 is 17.7 Å². The van der Waals surface area contributed by atoms with Crippen LogP contribution in [0.15, 0.2) is 18.3 Å². The van der Waals surface area contributed by atoms with Gasteiger partial charge < -0.3 is 9.64 Å². The van der Waals surface area contributed by atoms with Crippen molar-refractivity contribution in [2.24, 2.45) is 5.92 Å². The number of ether oxygens (including phenoxy) is 1. The molecule has 2 rings (SSSR count). The minimum atomic E-state index is -0.437. The first kappa shape index (κ1) is 15.1. The summed E-state index contributed by atoms with van der Waals surface area (Å²) in [6.07, 6.45) is 3.42. The Morgan fingerprint density at radius 2 is 2.30 bits per heavy atom. The van der Waals surface area contributed by atoms with Crippen molar-refractivity contribution in [1.29, 1.82) is 0 Å². The number of hydrogen-bond acceptors (Lipinski definition) is 3. The summed E-state index contributed by atoms with van der Waals surface area (Å²) in [5.74, 6) is 0.459. The van der Waals surface area contributed by atoms with Crippen LogP contribution in [0.5, 0.6) is 0 Å². The van der Waals surface area contributed by atoms with E-state index in [1.165, 1.54) is 5.56 Å². The molecule has 0 unspecified atom stereocenters. The van der Waals surface area contributed by atoms with Crippen molar-refractivity contribution in [2.45, 2.75) is 39.2 Å². The summed E-state index contributed by atoms with van der Waals surface area (Å²) in [6, 6.07) is 3.86. The molecule has 1 fully saturated rings. The van der Waals surface area contributed by atoms with E-state index in [1.807, 2.05) is 32.9 Å². The monoisotopic (exact) mass is 296 g/mol. The second-order valence-electron chi connectivity index (χ2n) is 6.27. The first-order chi connectivity index (χ1) is 9.33. The Bertz CT molecular complexity index is 485. The molecule has 1 aliphatic rings. The summed E-state index contributed by atoms with van der Waals surface area (Å²) in [7, 11) is 0. The summed E-state index contributed by atoms with van der Waals surface area (Å²) in [6.45, 7) is 7.17. The third-order valence-corrected chi connectivity index (χ3v) is 3.46. The zero-order valence-electron chi connectivity index (χ0n) is 12.2. The lowest BCUT2D eigenvalue weighted by Gasteiger charge is -2.24. The Hall–Kier alpha value is -1.29. The highest BCUT2D eigenvalue weighted by Crippen LogP contribution is 2.23. The van der Waals surface area contributed by atoms with Gasteiger partial charge in [-0.25, -0.2) is 9.78 Å². The number of carbonyl (C=O) groups excluding carboxylic acids is 1. The van der Waals surface area contributed by atoms with Crippen molar-refractivity contribution in [3.8, 4) is 0 Å². The molecular weight excluding hydrogens is 276 g/mol. The Kier molecular flexibility index (Phi) is 4.53. The number of halogens is 1. The lowest BCUT2D eigenvalue weighted by Crippen LogP contribution is -2.35. The average Bonchev–Trinajstić information content (AvgIpc) is 2.75. The normalized spacial score (nSPS) is 19.2. The molecule has 1 amide bonds. The predicted molar refractivity (Wildman–Crippen MR) is 78.9 cm³/mol. The van der Waals surface area contributed by atoms with Crippen molar-refractivity contribution < 1.29 is 9.53 Å². The molecule has 0 aliphatic carbocycles. The fourth-order valence-corrected chi connectivity index (χ4v) is 2.59. The Balaban J connectivity index is 1.88. The van der Waals surface area contributed by atoms with Crippen LogP contribution in [0.2, 0.25) is 5.15 Å². The third kappa shape index (κ3) is 4.37. The van der Waals surface area contributed by atoms with E-state index in [0.29, 0.717) is 11.1 Å². The molecule has 0 bridgehead atoms. The van der Waals surface area contributed by atoms with E-state index in [2.05, 4.69) is 4.98 Å². The molecule has 0 spiro atoms. The lowest BCUT2D eigenvalue weighted by atomic mass is 10.00. The highest BCUT2D eigenvalue weighted by molar-refractivity contribution is 6.29. The largest absolute Gasteiger partial charge is 0.444 e. The highest BCUT2D eigenvalue weighted by Gasteiger charge is 2.29. The van der Waals surface area contributed by atoms with Crippen LogP contribution in [0.25, 0.3) is 0 Å². The molecule has 0 N–H and O–H groups in total. The van der Waals surface area contributed by atoms with Crippen LogP contribution in [0.3, 0.4) is 0 Å². The third-order valence-electron chi connectivity index (χ3n) is 3.25. The fraction of sp³-hybridized carbons (Fsp3) is 0.600. The molecule has 1 aromatic heterocycles. The zero-order chi connectivity index (χ0) is 14.8. The van der Waals surface area contributed by atoms with Crippen molar-refractivity contribution in [2.75, 3.05) is 13.1 Å². The molecule has 0 radical (unpaired) electrons. The Morgan fingerprint density at radius 1 is 1.55 bits per heavy atom. The van der Waals surface area contributed by atoms with E-state index in [9.17, 15) is 4.79 Å². The minimum Gasteiger partial charge on any atom is -0.444 e. The number of nitrogens with zero attached hydrogens (tertiary/aromatic N) is 2. The van der Waals surface area contributed by atoms with E-state index < -0.39 is 5.60 Å². The van der Waals surface area contributed by atoms with Crippen molar-refractivity contribution in [1.82, 2.24) is 9.88 Å². The maximum atomic E-state index is 12.0. The van der Waals surface area contributed by atoms with Crippen LogP contribution < -0.4 is 0 Å². The zero-order valence-corrected chi connectivity index (χ0v) is 13.0. The summed E-state index contributed by atoms with van der Waals surface area (Å²) in [4.78, 5) is 17.8. The molecule has 110 valence electrons. The van der Waals surface area contributed by atoms with Crippen LogP contribution in [0, 0.1) is 5.92 Å². The van der Waals surface area contributed by atoms with Gasteiger partial charge in [0.1, 0.15) is 10.8 Å². The number of pyridine rings is 1. The number of hydrogen-bond donors (Lipinski definition) is 0. The van der Waals surface area contributed by atoms with Gasteiger partial charge >= 0.3 is 6.09 Å². The second-order valence-corrected chi connectivity index (χ2v) is 6.66. The minimum absolute atomic E-state index is 0.215. The number of carbonyl (C=O) groups is 1. The SMILES string of the molecule is CC(C)(C)OC(=O)N1CC[C@@H](Cc2ccnc(Cl)c2)C1. The molecule has 1 saturated heterocycles. The number of aromatic nitrogens is 1. The van der Waals surface area contributed by atoms with Gasteiger partial charge in [0, 0.05) is 19.3 Å². The van der Waals surface area contributed by atoms with E-state index in [4.69, 9.17) is 16.3 Å². The molecule has 4 nitrogen and oxygen atoms in total. The van der Waals surface area contributed by atoms with Gasteiger partial charge in [0.15, 0.2) is 0 Å². The van der Waals surface area contributed by atoms with Gasteiger partial charge in [-0.2, -0.15) is 0 Å². The maximum absolute atomic E-state index is 12.0. The molecule has 0 aromatic carbocycles. The van der Waals surface area contributed by atoms with Crippen LogP contribution in [0.4, 0.5) is 4.79 Å². The van der Waals surface area contributed by atoms with Crippen molar-refractivity contribution in [3.63, 3.8) is 0 Å². The van der Waals surface area contributed by atoms with Crippen LogP contribution in [-0.2, 0) is 11.2 Å². The molecular formula is C15H21ClN2O2. The summed E-state index contributed by atoms with van der Waals surface area (Å²) >= 11 is 5.89. The summed E-state index contributed by atoms with van der Waals surface area (Å²) in [5, 5.41) is 0.518. The smallest absolute Gasteiger partial charge is 0.410 e. The number of likely N-dealkylation sites (tertiary alicyclic amines) is 1. The van der Waals surface area contributed by atoms with Gasteiger partial charge in [-0.05, 0) is 57.2 Å². The van der Waals surface area contributed by atoms with Gasteiger partial charge in [0.05, 0.1) is 0 Å². The van der Waals surface area contributed by atoms with Gasteiger partial charge in [0.25, 0.3) is 0 Å². The van der Waals surface area contributed by atoms with Crippen LogP contribution in [0.1, 0.15) is 32.8 Å². The Labute approximate surface area is 125 Å². The number of rotatable bonds is 2. The van der Waals surface area contributed by atoms with Crippen molar-refractivity contribution in [3.05, 3.63) is 29.0 Å². The maximum Gasteiger partial charge on any atom is 0.410 e. The molecule has 5 heteroatoms. The van der Waals surface area contributed by atoms with Gasteiger partial charge in [0.2, 0.25) is 0 Å². The number of amides is 1. The topological polar surface area (TPSA) is 42.4 Å². The van der Waals surface area contributed by atoms with E-state index in [0.717, 1.165) is 25.9 Å². The first-order valence-electron chi connectivity index (χ1n) is 6.92. The second kappa shape index (κ2) is 6.00. The predicted octanol–water partition coefficient (Wildman–Crippen LogP) is 3.53. The summed E-state index contributed by atoms with van der Waals surface area (Å²) in [5.41, 5.74) is 0.731. The molecule has 20 heavy (non-hydrogen) atoms. The van der Waals surface area contributed by atoms with Crippen LogP contribution >= 0.6 is 11.6 Å². The van der Waals surface area contributed by atoms with Gasteiger partial charge in [-0.3, -0.25) is 0 Å². The summed E-state index contributed by atoms with van der Waals surface area (Å²) < 4.78 is 5.40. The quantitative estimate of drug-likeness (QED) is 0.784. The molecule has 0 saturated carbocycles. The van der Waals surface area contributed by atoms with E-state index >= 15 is 0 Å². The van der Waals surface area contributed by atoms with E-state index in [-0.39, 0.29) is 6.09 Å². The fourth-order valence-electron chi connectivity index (χ4n) is 2.39. The molecule has 1 atom stereocenters. The molecule has 1 aliphatic heterocycles. The van der Waals surface area contributed by atoms with Crippen LogP contribution in [-0.4, -0.2) is 34.7 Å². The van der Waals surface area contributed by atoms with Gasteiger partial charge in [-0.15, -0.1) is 0 Å². The first-order valence-corrected chi connectivity index (χ1v) is 7.29. The van der Waals surface area contributed by atoms with E-state index in [1.54, 1.807) is 11.1 Å². The molecule has 2 heterocycles. The standard InChI is InChI=1S/C15H21ClN2O2/c1-15(2,3)20-14(19)18-7-5-12(10-18)8-11-4-6-17-13(16)9-11/h4,6,9,12H,5,7-8,10H2,1-3H3/t12-/m0/s1. The van der Waals surface area contributed by atoms with Gasteiger partial charge in [-0.1, -0.05) is 11.6 Å². The highest BCUT2D eigenvalue weighted by atomic mass is 35.5. The lowest BCUT2D eigenvalue weighted by molar-refractivity contribution is 0.0288.